The number of nitrogen functional groups attached to an aromatic ring is 1. The van der Waals surface area contributed by atoms with E-state index >= 15 is 0 Å². The molecule has 4 nitrogen and oxygen atoms in total. The maximum absolute atomic E-state index is 9.38. The van der Waals surface area contributed by atoms with E-state index in [0.29, 0.717) is 11.3 Å². The Balaban J connectivity index is 2.24. The predicted molar refractivity (Wildman–Crippen MR) is 93.0 cm³/mol. The van der Waals surface area contributed by atoms with Crippen LogP contribution in [0.5, 0.6) is 0 Å². The predicted octanol–water partition coefficient (Wildman–Crippen LogP) is 4.50. The van der Waals surface area contributed by atoms with E-state index in [2.05, 4.69) is 32.3 Å². The van der Waals surface area contributed by atoms with Crippen molar-refractivity contribution in [3.8, 4) is 6.07 Å². The molecular weight excluding hydrogens is 340 g/mol. The molecule has 1 aromatic heterocycles. The Morgan fingerprint density at radius 3 is 2.82 bits per heavy atom. The molecule has 0 atom stereocenters. The SMILES string of the molecule is Cc1cc(N)cc2c(Nc3cccc(Br)c3)c(C#N)cnc12. The number of nitrogens with two attached hydrogens (primary N) is 1. The molecule has 0 aliphatic heterocycles. The van der Waals surface area contributed by atoms with Gasteiger partial charge in [0.15, 0.2) is 0 Å². The van der Waals surface area contributed by atoms with Gasteiger partial charge in [-0.15, -0.1) is 0 Å². The molecule has 0 amide bonds. The number of nitrogens with one attached hydrogen (secondary N) is 1. The minimum atomic E-state index is 0.484. The van der Waals surface area contributed by atoms with Crippen LogP contribution in [-0.2, 0) is 0 Å². The van der Waals surface area contributed by atoms with Gasteiger partial charge >= 0.3 is 0 Å². The second-order valence-electron chi connectivity index (χ2n) is 5.03. The highest BCUT2D eigenvalue weighted by Gasteiger charge is 2.11. The van der Waals surface area contributed by atoms with Gasteiger partial charge in [-0.3, -0.25) is 4.98 Å². The molecule has 0 bridgehead atoms. The minimum absolute atomic E-state index is 0.484. The molecule has 0 fully saturated rings. The summed E-state index contributed by atoms with van der Waals surface area (Å²) in [5, 5.41) is 13.5. The Hall–Kier alpha value is -2.58. The summed E-state index contributed by atoms with van der Waals surface area (Å²) in [6, 6.07) is 13.7. The van der Waals surface area contributed by atoms with E-state index in [1.807, 2.05) is 43.3 Å². The number of anilines is 3. The minimum Gasteiger partial charge on any atom is -0.399 e. The first-order chi connectivity index (χ1) is 10.6. The van der Waals surface area contributed by atoms with Gasteiger partial charge in [-0.25, -0.2) is 0 Å². The van der Waals surface area contributed by atoms with Crippen molar-refractivity contribution in [2.45, 2.75) is 6.92 Å². The van der Waals surface area contributed by atoms with Crippen LogP contribution in [0.25, 0.3) is 10.9 Å². The van der Waals surface area contributed by atoms with Crippen molar-refractivity contribution in [1.29, 1.82) is 5.26 Å². The summed E-state index contributed by atoms with van der Waals surface area (Å²) in [6.07, 6.45) is 1.59. The van der Waals surface area contributed by atoms with Crippen LogP contribution in [0.3, 0.4) is 0 Å². The fourth-order valence-electron chi connectivity index (χ4n) is 2.44. The summed E-state index contributed by atoms with van der Waals surface area (Å²) in [5.74, 6) is 0. The van der Waals surface area contributed by atoms with Crippen LogP contribution < -0.4 is 11.1 Å². The number of nitrogens with zero attached hydrogens (tertiary/aromatic N) is 2. The van der Waals surface area contributed by atoms with Gasteiger partial charge in [0, 0.05) is 27.4 Å². The van der Waals surface area contributed by atoms with Crippen molar-refractivity contribution in [3.05, 3.63) is 58.2 Å². The van der Waals surface area contributed by atoms with Gasteiger partial charge in [0.1, 0.15) is 6.07 Å². The Morgan fingerprint density at radius 1 is 1.27 bits per heavy atom. The molecule has 0 saturated carbocycles. The lowest BCUT2D eigenvalue weighted by Gasteiger charge is -2.13. The van der Waals surface area contributed by atoms with Crippen molar-refractivity contribution in [2.24, 2.45) is 0 Å². The Labute approximate surface area is 136 Å². The van der Waals surface area contributed by atoms with Crippen LogP contribution in [0.2, 0.25) is 0 Å². The second kappa shape index (κ2) is 5.66. The fraction of sp³-hybridized carbons (Fsp3) is 0.0588. The van der Waals surface area contributed by atoms with Gasteiger partial charge in [0.2, 0.25) is 0 Å². The number of hydrogen-bond donors (Lipinski definition) is 2. The Bertz CT molecular complexity index is 912. The monoisotopic (exact) mass is 352 g/mol. The van der Waals surface area contributed by atoms with E-state index in [1.54, 1.807) is 6.20 Å². The van der Waals surface area contributed by atoms with Crippen LogP contribution in [-0.4, -0.2) is 4.98 Å². The third-order valence-corrected chi connectivity index (χ3v) is 3.89. The first-order valence-electron chi connectivity index (χ1n) is 6.70. The van der Waals surface area contributed by atoms with E-state index in [9.17, 15) is 5.26 Å². The molecule has 0 aliphatic carbocycles. The van der Waals surface area contributed by atoms with E-state index in [4.69, 9.17) is 5.73 Å². The normalized spacial score (nSPS) is 10.4. The average Bonchev–Trinajstić information content (AvgIpc) is 2.48. The van der Waals surface area contributed by atoms with Crippen LogP contribution in [0.1, 0.15) is 11.1 Å². The molecule has 0 spiro atoms. The van der Waals surface area contributed by atoms with Crippen LogP contribution >= 0.6 is 15.9 Å². The maximum Gasteiger partial charge on any atom is 0.103 e. The van der Waals surface area contributed by atoms with Gasteiger partial charge in [-0.1, -0.05) is 22.0 Å². The van der Waals surface area contributed by atoms with Crippen molar-refractivity contribution in [3.63, 3.8) is 0 Å². The molecule has 108 valence electrons. The molecular formula is C17H13BrN4. The Morgan fingerprint density at radius 2 is 2.09 bits per heavy atom. The van der Waals surface area contributed by atoms with Crippen LogP contribution in [0, 0.1) is 18.3 Å². The maximum atomic E-state index is 9.38. The first kappa shape index (κ1) is 14.4. The van der Waals surface area contributed by atoms with Gasteiger partial charge in [0.05, 0.1) is 16.8 Å². The lowest BCUT2D eigenvalue weighted by Crippen LogP contribution is -1.99. The number of benzene rings is 2. The highest BCUT2D eigenvalue weighted by atomic mass is 79.9. The largest absolute Gasteiger partial charge is 0.399 e. The summed E-state index contributed by atoms with van der Waals surface area (Å²) >= 11 is 3.45. The molecule has 3 N–H and O–H groups in total. The molecule has 0 unspecified atom stereocenters. The van der Waals surface area contributed by atoms with E-state index in [-0.39, 0.29) is 0 Å². The number of aryl methyl sites for hydroxylation is 1. The van der Waals surface area contributed by atoms with Gasteiger partial charge in [-0.2, -0.15) is 5.26 Å². The molecule has 0 saturated heterocycles. The molecule has 3 aromatic rings. The number of rotatable bonds is 2. The van der Waals surface area contributed by atoms with Crippen LogP contribution in [0.4, 0.5) is 17.1 Å². The smallest absolute Gasteiger partial charge is 0.103 e. The summed E-state index contributed by atoms with van der Waals surface area (Å²) in [7, 11) is 0. The van der Waals surface area contributed by atoms with Gasteiger partial charge in [-0.05, 0) is 42.8 Å². The Kier molecular flexibility index (Phi) is 3.70. The summed E-state index contributed by atoms with van der Waals surface area (Å²) < 4.78 is 0.963. The standard InChI is InChI=1S/C17H13BrN4/c1-10-5-13(20)7-15-16(10)21-9-11(8-19)17(15)22-14-4-2-3-12(18)6-14/h2-7,9H,20H2,1H3,(H,21,22). The molecule has 5 heteroatoms. The summed E-state index contributed by atoms with van der Waals surface area (Å²) in [5.41, 5.74) is 10.5. The molecule has 3 rings (SSSR count). The first-order valence-corrected chi connectivity index (χ1v) is 7.49. The highest BCUT2D eigenvalue weighted by Crippen LogP contribution is 2.32. The fourth-order valence-corrected chi connectivity index (χ4v) is 2.84. The third kappa shape index (κ3) is 2.61. The molecule has 22 heavy (non-hydrogen) atoms. The van der Waals surface area contributed by atoms with Crippen molar-refractivity contribution in [2.75, 3.05) is 11.1 Å². The van der Waals surface area contributed by atoms with Crippen molar-refractivity contribution < 1.29 is 0 Å². The topological polar surface area (TPSA) is 74.7 Å². The average molecular weight is 353 g/mol. The van der Waals surface area contributed by atoms with E-state index in [1.165, 1.54) is 0 Å². The van der Waals surface area contributed by atoms with Crippen molar-refractivity contribution in [1.82, 2.24) is 4.98 Å². The molecule has 2 aromatic carbocycles. The number of aromatic nitrogens is 1. The zero-order chi connectivity index (χ0) is 15.7. The summed E-state index contributed by atoms with van der Waals surface area (Å²) in [4.78, 5) is 4.39. The van der Waals surface area contributed by atoms with Gasteiger partial charge in [0.25, 0.3) is 0 Å². The van der Waals surface area contributed by atoms with E-state index in [0.717, 1.165) is 32.3 Å². The number of pyridine rings is 1. The van der Waals surface area contributed by atoms with E-state index < -0.39 is 0 Å². The van der Waals surface area contributed by atoms with Gasteiger partial charge < -0.3 is 11.1 Å². The number of fused-ring (bicyclic) bond motifs is 1. The zero-order valence-electron chi connectivity index (χ0n) is 11.9. The third-order valence-electron chi connectivity index (χ3n) is 3.40. The molecule has 0 radical (unpaired) electrons. The number of halogens is 1. The van der Waals surface area contributed by atoms with Crippen molar-refractivity contribution >= 4 is 43.9 Å². The molecule has 1 heterocycles. The zero-order valence-corrected chi connectivity index (χ0v) is 13.5. The second-order valence-corrected chi connectivity index (χ2v) is 5.94. The highest BCUT2D eigenvalue weighted by molar-refractivity contribution is 9.10. The number of nitriles is 1. The number of hydrogen-bond acceptors (Lipinski definition) is 4. The summed E-state index contributed by atoms with van der Waals surface area (Å²) in [6.45, 7) is 1.96. The van der Waals surface area contributed by atoms with Crippen LogP contribution in [0.15, 0.2) is 47.1 Å². The lowest BCUT2D eigenvalue weighted by molar-refractivity contribution is 1.33. The molecule has 0 aliphatic rings. The lowest BCUT2D eigenvalue weighted by atomic mass is 10.1. The quantitative estimate of drug-likeness (QED) is 0.665.